The number of rotatable bonds is 6. The summed E-state index contributed by atoms with van der Waals surface area (Å²) in [5, 5.41) is 8.62. The lowest BCUT2D eigenvalue weighted by atomic mass is 9.97. The van der Waals surface area contributed by atoms with Gasteiger partial charge in [-0.25, -0.2) is 0 Å². The monoisotopic (exact) mass is 612 g/mol. The molecule has 8 aromatic carbocycles. The molecule has 0 fully saturated rings. The number of anilines is 2. The molecule has 2 heteroatoms. The van der Waals surface area contributed by atoms with Crippen molar-refractivity contribution in [3.8, 4) is 39.1 Å². The first-order chi connectivity index (χ1) is 23.8. The second-order valence-corrected chi connectivity index (χ2v) is 12.3. The molecule has 1 N–H and O–H groups in total. The molecule has 0 bridgehead atoms. The van der Waals surface area contributed by atoms with E-state index in [-0.39, 0.29) is 0 Å². The molecule has 0 saturated carbocycles. The molecule has 9 rings (SSSR count). The first kappa shape index (κ1) is 27.9. The van der Waals surface area contributed by atoms with Crippen molar-refractivity contribution in [2.75, 3.05) is 5.32 Å². The van der Waals surface area contributed by atoms with Crippen LogP contribution < -0.4 is 5.32 Å². The second kappa shape index (κ2) is 11.8. The number of aromatic nitrogens is 1. The van der Waals surface area contributed by atoms with Gasteiger partial charge in [0, 0.05) is 27.8 Å². The third-order valence-electron chi connectivity index (χ3n) is 9.31. The number of hydrogen-bond acceptors (Lipinski definition) is 1. The second-order valence-electron chi connectivity index (χ2n) is 12.3. The van der Waals surface area contributed by atoms with Gasteiger partial charge in [0.15, 0.2) is 0 Å². The van der Waals surface area contributed by atoms with Crippen molar-refractivity contribution in [1.82, 2.24) is 4.57 Å². The van der Waals surface area contributed by atoms with Crippen molar-refractivity contribution >= 4 is 44.0 Å². The van der Waals surface area contributed by atoms with Gasteiger partial charge < -0.3 is 9.88 Å². The zero-order valence-corrected chi connectivity index (χ0v) is 26.3. The minimum atomic E-state index is 1.06. The highest BCUT2D eigenvalue weighted by atomic mass is 15.0. The zero-order chi connectivity index (χ0) is 31.9. The molecule has 1 heterocycles. The number of para-hydroxylation sites is 2. The summed E-state index contributed by atoms with van der Waals surface area (Å²) in [7, 11) is 0. The fourth-order valence-corrected chi connectivity index (χ4v) is 6.96. The Hall–Kier alpha value is -6.38. The van der Waals surface area contributed by atoms with Gasteiger partial charge in [0.05, 0.1) is 11.0 Å². The average molecular weight is 613 g/mol. The summed E-state index contributed by atoms with van der Waals surface area (Å²) in [6, 6.07) is 67.5. The van der Waals surface area contributed by atoms with Crippen LogP contribution in [0.2, 0.25) is 0 Å². The molecule has 0 aliphatic carbocycles. The van der Waals surface area contributed by atoms with E-state index < -0.39 is 0 Å². The third kappa shape index (κ3) is 5.10. The Morgan fingerprint density at radius 1 is 0.312 bits per heavy atom. The SMILES string of the molecule is c1ccc(-c2ccc3cc(Nc4cccc(-c5cccc(-c6ccc7c(c6)c6ccccc6n7-c6ccccc6)c5)c4)ccc3c2)cc1. The van der Waals surface area contributed by atoms with E-state index >= 15 is 0 Å². The highest BCUT2D eigenvalue weighted by Crippen LogP contribution is 2.36. The largest absolute Gasteiger partial charge is 0.355 e. The van der Waals surface area contributed by atoms with E-state index in [2.05, 4.69) is 198 Å². The van der Waals surface area contributed by atoms with Gasteiger partial charge in [0.25, 0.3) is 0 Å². The van der Waals surface area contributed by atoms with E-state index in [0.717, 1.165) is 11.4 Å². The Kier molecular flexibility index (Phi) is 6.84. The third-order valence-corrected chi connectivity index (χ3v) is 9.31. The molecule has 0 unspecified atom stereocenters. The van der Waals surface area contributed by atoms with Crippen LogP contribution in [0.25, 0.3) is 71.6 Å². The molecular weight excluding hydrogens is 581 g/mol. The predicted molar refractivity (Wildman–Crippen MR) is 204 cm³/mol. The van der Waals surface area contributed by atoms with Crippen molar-refractivity contribution in [3.63, 3.8) is 0 Å². The smallest absolute Gasteiger partial charge is 0.0541 e. The van der Waals surface area contributed by atoms with Crippen LogP contribution in [-0.4, -0.2) is 4.57 Å². The van der Waals surface area contributed by atoms with E-state index in [1.807, 2.05) is 0 Å². The first-order valence-corrected chi connectivity index (χ1v) is 16.4. The average Bonchev–Trinajstić information content (AvgIpc) is 3.49. The number of fused-ring (bicyclic) bond motifs is 4. The standard InChI is InChI=1S/C46H32N2/c1-3-11-32(12-4-1)36-21-22-38-30-41(25-23-37(38)28-36)47-40-16-10-15-35(29-40)33-13-9-14-34(27-33)39-24-26-46-44(31-39)43-19-7-8-20-45(43)48(46)42-17-5-2-6-18-42/h1-31,47H. The molecule has 9 aromatic rings. The molecule has 0 radical (unpaired) electrons. The maximum atomic E-state index is 3.65. The zero-order valence-electron chi connectivity index (χ0n) is 26.3. The van der Waals surface area contributed by atoms with Crippen molar-refractivity contribution in [1.29, 1.82) is 0 Å². The minimum Gasteiger partial charge on any atom is -0.355 e. The number of nitrogens with one attached hydrogen (secondary N) is 1. The van der Waals surface area contributed by atoms with E-state index in [4.69, 9.17) is 0 Å². The van der Waals surface area contributed by atoms with Gasteiger partial charge in [0.1, 0.15) is 0 Å². The Bertz CT molecular complexity index is 2580. The summed E-state index contributed by atoms with van der Waals surface area (Å²) in [5.74, 6) is 0. The lowest BCUT2D eigenvalue weighted by molar-refractivity contribution is 1.18. The molecule has 0 spiro atoms. The van der Waals surface area contributed by atoms with Gasteiger partial charge >= 0.3 is 0 Å². The Morgan fingerprint density at radius 2 is 0.875 bits per heavy atom. The quantitative estimate of drug-likeness (QED) is 0.198. The van der Waals surface area contributed by atoms with Crippen LogP contribution in [0.1, 0.15) is 0 Å². The molecule has 1 aromatic heterocycles. The lowest BCUT2D eigenvalue weighted by Crippen LogP contribution is -1.92. The van der Waals surface area contributed by atoms with E-state index in [1.54, 1.807) is 0 Å². The lowest BCUT2D eigenvalue weighted by Gasteiger charge is -2.12. The van der Waals surface area contributed by atoms with Crippen LogP contribution in [0.15, 0.2) is 188 Å². The van der Waals surface area contributed by atoms with Crippen molar-refractivity contribution in [3.05, 3.63) is 188 Å². The van der Waals surface area contributed by atoms with E-state index in [1.165, 1.54) is 71.6 Å². The van der Waals surface area contributed by atoms with Crippen LogP contribution in [0.4, 0.5) is 11.4 Å². The maximum Gasteiger partial charge on any atom is 0.0541 e. The number of benzene rings is 8. The maximum absolute atomic E-state index is 3.65. The molecule has 0 saturated heterocycles. The summed E-state index contributed by atoms with van der Waals surface area (Å²) >= 11 is 0. The van der Waals surface area contributed by atoms with E-state index in [0.29, 0.717) is 0 Å². The van der Waals surface area contributed by atoms with Gasteiger partial charge in [-0.15, -0.1) is 0 Å². The normalized spacial score (nSPS) is 11.3. The molecule has 226 valence electrons. The number of nitrogens with zero attached hydrogens (tertiary/aromatic N) is 1. The van der Waals surface area contributed by atoms with Gasteiger partial charge in [-0.05, 0) is 111 Å². The fourth-order valence-electron chi connectivity index (χ4n) is 6.96. The van der Waals surface area contributed by atoms with Crippen molar-refractivity contribution < 1.29 is 0 Å². The first-order valence-electron chi connectivity index (χ1n) is 16.4. The Morgan fingerprint density at radius 3 is 1.71 bits per heavy atom. The fraction of sp³-hybridized carbons (Fsp3) is 0. The van der Waals surface area contributed by atoms with Gasteiger partial charge in [-0.3, -0.25) is 0 Å². The van der Waals surface area contributed by atoms with Gasteiger partial charge in [0.2, 0.25) is 0 Å². The van der Waals surface area contributed by atoms with Crippen molar-refractivity contribution in [2.45, 2.75) is 0 Å². The Labute approximate surface area is 280 Å². The van der Waals surface area contributed by atoms with Crippen LogP contribution in [0.3, 0.4) is 0 Å². The molecule has 0 aliphatic heterocycles. The molecule has 0 amide bonds. The summed E-state index contributed by atoms with van der Waals surface area (Å²) < 4.78 is 2.36. The highest BCUT2D eigenvalue weighted by Gasteiger charge is 2.13. The van der Waals surface area contributed by atoms with Gasteiger partial charge in [-0.2, -0.15) is 0 Å². The number of hydrogen-bond donors (Lipinski definition) is 1. The topological polar surface area (TPSA) is 17.0 Å². The highest BCUT2D eigenvalue weighted by molar-refractivity contribution is 6.10. The summed E-state index contributed by atoms with van der Waals surface area (Å²) in [6.45, 7) is 0. The van der Waals surface area contributed by atoms with Crippen LogP contribution in [-0.2, 0) is 0 Å². The summed E-state index contributed by atoms with van der Waals surface area (Å²) in [4.78, 5) is 0. The van der Waals surface area contributed by atoms with Crippen LogP contribution in [0, 0.1) is 0 Å². The minimum absolute atomic E-state index is 1.06. The summed E-state index contributed by atoms with van der Waals surface area (Å²) in [5.41, 5.74) is 13.0. The predicted octanol–water partition coefficient (Wildman–Crippen LogP) is 12.7. The van der Waals surface area contributed by atoms with Gasteiger partial charge in [-0.1, -0.05) is 121 Å². The van der Waals surface area contributed by atoms with E-state index in [9.17, 15) is 0 Å². The van der Waals surface area contributed by atoms with Crippen LogP contribution in [0.5, 0.6) is 0 Å². The van der Waals surface area contributed by atoms with Crippen LogP contribution >= 0.6 is 0 Å². The molecule has 48 heavy (non-hydrogen) atoms. The molecule has 2 nitrogen and oxygen atoms in total. The molecule has 0 atom stereocenters. The van der Waals surface area contributed by atoms with Crippen molar-refractivity contribution in [2.24, 2.45) is 0 Å². The summed E-state index contributed by atoms with van der Waals surface area (Å²) in [6.07, 6.45) is 0. The molecular formula is C46H32N2. The Balaban J connectivity index is 1.02. The molecule has 0 aliphatic rings.